The second-order valence-corrected chi connectivity index (χ2v) is 6.09. The van der Waals surface area contributed by atoms with Crippen LogP contribution in [-0.2, 0) is 16.0 Å². The average molecular weight is 409 g/mol. The van der Waals surface area contributed by atoms with Crippen molar-refractivity contribution in [3.8, 4) is 0 Å². The van der Waals surface area contributed by atoms with Gasteiger partial charge in [-0.25, -0.2) is 0 Å². The molecule has 0 saturated carbocycles. The van der Waals surface area contributed by atoms with Crippen LogP contribution >= 0.6 is 12.4 Å². The van der Waals surface area contributed by atoms with Crippen molar-refractivity contribution in [1.29, 1.82) is 0 Å². The summed E-state index contributed by atoms with van der Waals surface area (Å²) in [6.07, 6.45) is -4.32. The highest BCUT2D eigenvalue weighted by atomic mass is 35.5. The van der Waals surface area contributed by atoms with Gasteiger partial charge in [0.1, 0.15) is 6.04 Å². The molecule has 1 aromatic carbocycles. The van der Waals surface area contributed by atoms with Crippen molar-refractivity contribution in [2.24, 2.45) is 0 Å². The van der Waals surface area contributed by atoms with Crippen LogP contribution in [0.2, 0.25) is 0 Å². The van der Waals surface area contributed by atoms with Crippen LogP contribution in [0.5, 0.6) is 0 Å². The third kappa shape index (κ3) is 8.15. The van der Waals surface area contributed by atoms with E-state index in [-0.39, 0.29) is 44.4 Å². The molecule has 2 amide bonds. The first kappa shape index (κ1) is 23.2. The Balaban J connectivity index is 0.00000364. The van der Waals surface area contributed by atoms with Gasteiger partial charge in [0.25, 0.3) is 0 Å². The van der Waals surface area contributed by atoms with E-state index >= 15 is 0 Å². The predicted octanol–water partition coefficient (Wildman–Crippen LogP) is 0.719. The molecular weight excluding hydrogens is 385 g/mol. The Hall–Kier alpha value is -1.84. The quantitative estimate of drug-likeness (QED) is 0.621. The molecule has 1 aliphatic heterocycles. The van der Waals surface area contributed by atoms with E-state index in [9.17, 15) is 22.8 Å². The normalized spacial score (nSPS) is 16.1. The molecule has 6 nitrogen and oxygen atoms in total. The number of benzene rings is 1. The number of halogens is 4. The first-order valence-electron chi connectivity index (χ1n) is 8.45. The van der Waals surface area contributed by atoms with Crippen LogP contribution in [0.3, 0.4) is 0 Å². The van der Waals surface area contributed by atoms with Gasteiger partial charge in [-0.15, -0.1) is 12.4 Å². The Morgan fingerprint density at radius 1 is 1.07 bits per heavy atom. The predicted molar refractivity (Wildman–Crippen MR) is 97.7 cm³/mol. The summed E-state index contributed by atoms with van der Waals surface area (Å²) in [7, 11) is 0. The van der Waals surface area contributed by atoms with E-state index in [1.54, 1.807) is 24.3 Å². The Labute approximate surface area is 162 Å². The molecule has 1 heterocycles. The number of piperazine rings is 1. The van der Waals surface area contributed by atoms with Crippen molar-refractivity contribution in [3.63, 3.8) is 0 Å². The molecule has 27 heavy (non-hydrogen) atoms. The lowest BCUT2D eigenvalue weighted by Gasteiger charge is -2.35. The monoisotopic (exact) mass is 408 g/mol. The van der Waals surface area contributed by atoms with Crippen LogP contribution in [0.25, 0.3) is 0 Å². The van der Waals surface area contributed by atoms with Crippen LogP contribution in [0, 0.1) is 0 Å². The largest absolute Gasteiger partial charge is 0.405 e. The molecule has 0 spiro atoms. The van der Waals surface area contributed by atoms with Gasteiger partial charge >= 0.3 is 6.18 Å². The topological polar surface area (TPSA) is 73.5 Å². The molecule has 0 aliphatic carbocycles. The highest BCUT2D eigenvalue weighted by Crippen LogP contribution is 2.24. The minimum atomic E-state index is -4.43. The van der Waals surface area contributed by atoms with Crippen molar-refractivity contribution < 1.29 is 22.8 Å². The molecule has 1 atom stereocenters. The number of amides is 2. The van der Waals surface area contributed by atoms with Gasteiger partial charge in [0.2, 0.25) is 11.8 Å². The van der Waals surface area contributed by atoms with Crippen LogP contribution < -0.4 is 16.0 Å². The third-order valence-electron chi connectivity index (χ3n) is 4.12. The molecule has 1 aliphatic rings. The molecule has 1 fully saturated rings. The second kappa shape index (κ2) is 11.1. The van der Waals surface area contributed by atoms with Crippen LogP contribution in [0.15, 0.2) is 30.3 Å². The summed E-state index contributed by atoms with van der Waals surface area (Å²) < 4.78 is 39.7. The molecule has 0 radical (unpaired) electrons. The zero-order chi connectivity index (χ0) is 19.0. The number of hydrogen-bond acceptors (Lipinski definition) is 4. The maximum Gasteiger partial charge on any atom is 0.405 e. The number of nitrogens with zero attached hydrogens (tertiary/aromatic N) is 1. The van der Waals surface area contributed by atoms with Crippen LogP contribution in [-0.4, -0.2) is 68.2 Å². The van der Waals surface area contributed by atoms with E-state index in [4.69, 9.17) is 0 Å². The number of nitrogens with one attached hydrogen (secondary N) is 3. The first-order chi connectivity index (χ1) is 12.4. The SMILES string of the molecule is Cl.O=C(CNC(=O)Cc1ccccc1)NCC(N1CCNCC1)C(F)(F)F. The van der Waals surface area contributed by atoms with E-state index in [1.165, 1.54) is 4.90 Å². The molecule has 0 bridgehead atoms. The van der Waals surface area contributed by atoms with Crippen LogP contribution in [0.4, 0.5) is 13.2 Å². The van der Waals surface area contributed by atoms with Crippen molar-refractivity contribution in [2.45, 2.75) is 18.6 Å². The Morgan fingerprint density at radius 3 is 2.30 bits per heavy atom. The molecule has 10 heteroatoms. The first-order valence-corrected chi connectivity index (χ1v) is 8.45. The summed E-state index contributed by atoms with van der Waals surface area (Å²) in [6, 6.07) is 7.24. The van der Waals surface area contributed by atoms with E-state index < -0.39 is 24.7 Å². The number of hydrogen-bond donors (Lipinski definition) is 3. The summed E-state index contributed by atoms with van der Waals surface area (Å²) in [4.78, 5) is 24.9. The van der Waals surface area contributed by atoms with Crippen molar-refractivity contribution in [2.75, 3.05) is 39.3 Å². The summed E-state index contributed by atoms with van der Waals surface area (Å²) in [6.45, 7) is 0.628. The molecule has 1 aromatic rings. The highest BCUT2D eigenvalue weighted by Gasteiger charge is 2.43. The van der Waals surface area contributed by atoms with Crippen molar-refractivity contribution in [3.05, 3.63) is 35.9 Å². The molecule has 3 N–H and O–H groups in total. The van der Waals surface area contributed by atoms with E-state index in [0.29, 0.717) is 13.1 Å². The van der Waals surface area contributed by atoms with E-state index in [2.05, 4.69) is 16.0 Å². The van der Waals surface area contributed by atoms with E-state index in [0.717, 1.165) is 5.56 Å². The summed E-state index contributed by atoms with van der Waals surface area (Å²) in [5.41, 5.74) is 0.793. The Morgan fingerprint density at radius 2 is 1.70 bits per heavy atom. The van der Waals surface area contributed by atoms with E-state index in [1.807, 2.05) is 6.07 Å². The third-order valence-corrected chi connectivity index (χ3v) is 4.12. The molecule has 2 rings (SSSR count). The van der Waals surface area contributed by atoms with Crippen molar-refractivity contribution >= 4 is 24.2 Å². The van der Waals surface area contributed by atoms with Gasteiger partial charge in [0.15, 0.2) is 0 Å². The van der Waals surface area contributed by atoms with Gasteiger partial charge < -0.3 is 16.0 Å². The number of carbonyl (C=O) groups excluding carboxylic acids is 2. The number of carbonyl (C=O) groups is 2. The lowest BCUT2D eigenvalue weighted by atomic mass is 10.1. The average Bonchev–Trinajstić information content (AvgIpc) is 2.61. The number of alkyl halides is 3. The maximum atomic E-state index is 13.2. The minimum Gasteiger partial charge on any atom is -0.353 e. The maximum absolute atomic E-state index is 13.2. The van der Waals surface area contributed by atoms with Gasteiger partial charge in [0.05, 0.1) is 13.0 Å². The molecular formula is C17H24ClF3N4O2. The highest BCUT2D eigenvalue weighted by molar-refractivity contribution is 5.86. The van der Waals surface area contributed by atoms with Crippen LogP contribution in [0.1, 0.15) is 5.56 Å². The minimum absolute atomic E-state index is 0. The zero-order valence-electron chi connectivity index (χ0n) is 14.7. The summed E-state index contributed by atoms with van der Waals surface area (Å²) in [5, 5.41) is 7.68. The molecule has 152 valence electrons. The Bertz CT molecular complexity index is 596. The fourth-order valence-electron chi connectivity index (χ4n) is 2.74. The molecule has 1 saturated heterocycles. The van der Waals surface area contributed by atoms with Gasteiger partial charge in [-0.1, -0.05) is 30.3 Å². The van der Waals surface area contributed by atoms with Gasteiger partial charge in [-0.05, 0) is 5.56 Å². The standard InChI is InChI=1S/C17H23F3N4O2.ClH/c18-17(19,20)14(24-8-6-21-7-9-24)11-22-16(26)12-23-15(25)10-13-4-2-1-3-5-13;/h1-5,14,21H,6-12H2,(H,22,26)(H,23,25);1H. The second-order valence-electron chi connectivity index (χ2n) is 6.09. The molecule has 1 unspecified atom stereocenters. The lowest BCUT2D eigenvalue weighted by molar-refractivity contribution is -0.184. The smallest absolute Gasteiger partial charge is 0.353 e. The van der Waals surface area contributed by atoms with Gasteiger partial charge in [0, 0.05) is 32.7 Å². The Kier molecular flexibility index (Phi) is 9.54. The lowest BCUT2D eigenvalue weighted by Crippen LogP contribution is -2.58. The summed E-state index contributed by atoms with van der Waals surface area (Å²) >= 11 is 0. The molecule has 0 aromatic heterocycles. The number of rotatable bonds is 7. The van der Waals surface area contributed by atoms with Gasteiger partial charge in [-0.2, -0.15) is 13.2 Å². The fraction of sp³-hybridized carbons (Fsp3) is 0.529. The van der Waals surface area contributed by atoms with Gasteiger partial charge in [-0.3, -0.25) is 14.5 Å². The zero-order valence-corrected chi connectivity index (χ0v) is 15.5. The van der Waals surface area contributed by atoms with Crippen molar-refractivity contribution in [1.82, 2.24) is 20.9 Å². The summed E-state index contributed by atoms with van der Waals surface area (Å²) in [5.74, 6) is -1.00. The fourth-order valence-corrected chi connectivity index (χ4v) is 2.74.